The van der Waals surface area contributed by atoms with Gasteiger partial charge in [-0.15, -0.1) is 0 Å². The Hall–Kier alpha value is -2.73. The Morgan fingerprint density at radius 1 is 1.04 bits per heavy atom. The lowest BCUT2D eigenvalue weighted by Crippen LogP contribution is -2.36. The SMILES string of the molecule is COc1ccc(OC)c(C(C)NC(=O)NCc2ccc(CN(C)C)cc2)c1. The quantitative estimate of drug-likeness (QED) is 0.747. The molecule has 1 unspecified atom stereocenters. The van der Waals surface area contributed by atoms with Gasteiger partial charge in [-0.1, -0.05) is 24.3 Å². The molecule has 6 heteroatoms. The maximum Gasteiger partial charge on any atom is 0.315 e. The fraction of sp³-hybridized carbons (Fsp3) is 0.381. The molecule has 2 amide bonds. The summed E-state index contributed by atoms with van der Waals surface area (Å²) in [5, 5.41) is 5.83. The summed E-state index contributed by atoms with van der Waals surface area (Å²) in [7, 11) is 7.30. The molecule has 0 fully saturated rings. The van der Waals surface area contributed by atoms with Crippen LogP contribution in [0.25, 0.3) is 0 Å². The van der Waals surface area contributed by atoms with Gasteiger partial charge in [0, 0.05) is 18.7 Å². The van der Waals surface area contributed by atoms with Crippen molar-refractivity contribution in [3.8, 4) is 11.5 Å². The molecular formula is C21H29N3O3. The van der Waals surface area contributed by atoms with Crippen LogP contribution >= 0.6 is 0 Å². The van der Waals surface area contributed by atoms with E-state index in [2.05, 4.69) is 27.7 Å². The average Bonchev–Trinajstić information content (AvgIpc) is 2.66. The molecule has 0 radical (unpaired) electrons. The minimum atomic E-state index is -0.232. The van der Waals surface area contributed by atoms with E-state index in [1.807, 2.05) is 51.4 Å². The summed E-state index contributed by atoms with van der Waals surface area (Å²) in [6.07, 6.45) is 0. The number of hydrogen-bond donors (Lipinski definition) is 2. The number of nitrogens with zero attached hydrogens (tertiary/aromatic N) is 1. The molecule has 2 aromatic rings. The summed E-state index contributed by atoms with van der Waals surface area (Å²) in [6, 6.07) is 13.3. The zero-order chi connectivity index (χ0) is 19.8. The third-order valence-corrected chi connectivity index (χ3v) is 4.23. The highest BCUT2D eigenvalue weighted by Gasteiger charge is 2.15. The van der Waals surface area contributed by atoms with E-state index in [1.54, 1.807) is 14.2 Å². The summed E-state index contributed by atoms with van der Waals surface area (Å²) in [4.78, 5) is 14.4. The van der Waals surface area contributed by atoms with Crippen molar-refractivity contribution >= 4 is 6.03 Å². The molecule has 0 bridgehead atoms. The van der Waals surface area contributed by atoms with Gasteiger partial charge in [0.2, 0.25) is 0 Å². The Kier molecular flexibility index (Phi) is 7.49. The summed E-state index contributed by atoms with van der Waals surface area (Å²) >= 11 is 0. The third-order valence-electron chi connectivity index (χ3n) is 4.23. The molecule has 0 saturated heterocycles. The van der Waals surface area contributed by atoms with Crippen molar-refractivity contribution in [2.24, 2.45) is 0 Å². The molecule has 146 valence electrons. The van der Waals surface area contributed by atoms with Crippen LogP contribution in [0.15, 0.2) is 42.5 Å². The molecule has 0 aliphatic carbocycles. The van der Waals surface area contributed by atoms with E-state index in [9.17, 15) is 4.79 Å². The van der Waals surface area contributed by atoms with Crippen molar-refractivity contribution in [3.05, 3.63) is 59.2 Å². The minimum Gasteiger partial charge on any atom is -0.497 e. The fourth-order valence-electron chi connectivity index (χ4n) is 2.81. The number of carbonyl (C=O) groups is 1. The average molecular weight is 371 g/mol. The van der Waals surface area contributed by atoms with Gasteiger partial charge >= 0.3 is 6.03 Å². The number of ether oxygens (including phenoxy) is 2. The molecule has 0 aliphatic rings. The number of amides is 2. The van der Waals surface area contributed by atoms with Gasteiger partial charge in [0.1, 0.15) is 11.5 Å². The van der Waals surface area contributed by atoms with E-state index >= 15 is 0 Å². The Balaban J connectivity index is 1.91. The number of benzene rings is 2. The van der Waals surface area contributed by atoms with E-state index in [1.165, 1.54) is 5.56 Å². The zero-order valence-electron chi connectivity index (χ0n) is 16.7. The second-order valence-electron chi connectivity index (χ2n) is 6.71. The van der Waals surface area contributed by atoms with Crippen molar-refractivity contribution in [1.29, 1.82) is 0 Å². The molecule has 0 heterocycles. The van der Waals surface area contributed by atoms with Crippen molar-refractivity contribution in [2.75, 3.05) is 28.3 Å². The Morgan fingerprint density at radius 3 is 2.30 bits per heavy atom. The summed E-state index contributed by atoms with van der Waals surface area (Å²) in [5.41, 5.74) is 3.16. The van der Waals surface area contributed by atoms with Gasteiger partial charge in [0.25, 0.3) is 0 Å². The van der Waals surface area contributed by atoms with Crippen LogP contribution in [0.3, 0.4) is 0 Å². The van der Waals surface area contributed by atoms with E-state index < -0.39 is 0 Å². The van der Waals surface area contributed by atoms with E-state index in [-0.39, 0.29) is 12.1 Å². The third kappa shape index (κ3) is 6.18. The van der Waals surface area contributed by atoms with Crippen molar-refractivity contribution in [1.82, 2.24) is 15.5 Å². The Morgan fingerprint density at radius 2 is 1.70 bits per heavy atom. The van der Waals surface area contributed by atoms with Gasteiger partial charge in [0.05, 0.1) is 20.3 Å². The molecule has 2 aromatic carbocycles. The fourth-order valence-corrected chi connectivity index (χ4v) is 2.81. The molecule has 0 spiro atoms. The number of hydrogen-bond acceptors (Lipinski definition) is 4. The van der Waals surface area contributed by atoms with Crippen molar-refractivity contribution in [3.63, 3.8) is 0 Å². The molecule has 2 N–H and O–H groups in total. The van der Waals surface area contributed by atoms with Crippen LogP contribution in [0.5, 0.6) is 11.5 Å². The largest absolute Gasteiger partial charge is 0.497 e. The molecule has 6 nitrogen and oxygen atoms in total. The second kappa shape index (κ2) is 9.83. The highest BCUT2D eigenvalue weighted by Crippen LogP contribution is 2.29. The predicted molar refractivity (Wildman–Crippen MR) is 107 cm³/mol. The Bertz CT molecular complexity index is 745. The minimum absolute atomic E-state index is 0.225. The second-order valence-corrected chi connectivity index (χ2v) is 6.71. The van der Waals surface area contributed by atoms with Crippen molar-refractivity contribution in [2.45, 2.75) is 26.1 Å². The lowest BCUT2D eigenvalue weighted by atomic mass is 10.1. The van der Waals surface area contributed by atoms with Gasteiger partial charge < -0.3 is 25.0 Å². The highest BCUT2D eigenvalue weighted by atomic mass is 16.5. The van der Waals surface area contributed by atoms with E-state index in [4.69, 9.17) is 9.47 Å². The molecule has 0 saturated carbocycles. The van der Waals surface area contributed by atoms with Gasteiger partial charge in [-0.05, 0) is 50.3 Å². The molecule has 1 atom stereocenters. The Labute approximate surface area is 161 Å². The molecule has 0 aromatic heterocycles. The van der Waals surface area contributed by atoms with Crippen LogP contribution in [-0.2, 0) is 13.1 Å². The molecule has 2 rings (SSSR count). The number of nitrogens with one attached hydrogen (secondary N) is 2. The first kappa shape index (κ1) is 20.6. The van der Waals surface area contributed by atoms with Crippen LogP contribution in [0, 0.1) is 0 Å². The van der Waals surface area contributed by atoms with Crippen LogP contribution in [0.1, 0.15) is 29.7 Å². The molecule has 27 heavy (non-hydrogen) atoms. The topological polar surface area (TPSA) is 62.8 Å². The van der Waals surface area contributed by atoms with E-state index in [0.717, 1.165) is 23.4 Å². The number of methoxy groups -OCH3 is 2. The van der Waals surface area contributed by atoms with Gasteiger partial charge in [-0.25, -0.2) is 4.79 Å². The summed E-state index contributed by atoms with van der Waals surface area (Å²) < 4.78 is 10.6. The normalized spacial score (nSPS) is 11.8. The van der Waals surface area contributed by atoms with Gasteiger partial charge in [0.15, 0.2) is 0 Å². The van der Waals surface area contributed by atoms with Crippen LogP contribution < -0.4 is 20.1 Å². The predicted octanol–water partition coefficient (Wildman–Crippen LogP) is 3.33. The maximum atomic E-state index is 12.3. The van der Waals surface area contributed by atoms with Gasteiger partial charge in [-0.3, -0.25) is 0 Å². The zero-order valence-corrected chi connectivity index (χ0v) is 16.7. The summed E-state index contributed by atoms with van der Waals surface area (Å²) in [6.45, 7) is 3.27. The first-order valence-electron chi connectivity index (χ1n) is 8.91. The smallest absolute Gasteiger partial charge is 0.315 e. The summed E-state index contributed by atoms with van der Waals surface area (Å²) in [5.74, 6) is 1.43. The van der Waals surface area contributed by atoms with Crippen molar-refractivity contribution < 1.29 is 14.3 Å². The number of urea groups is 1. The molecule has 0 aliphatic heterocycles. The lowest BCUT2D eigenvalue weighted by molar-refractivity contribution is 0.237. The first-order valence-corrected chi connectivity index (χ1v) is 8.91. The highest BCUT2D eigenvalue weighted by molar-refractivity contribution is 5.74. The maximum absolute atomic E-state index is 12.3. The monoisotopic (exact) mass is 371 g/mol. The number of rotatable bonds is 8. The van der Waals surface area contributed by atoms with Gasteiger partial charge in [-0.2, -0.15) is 0 Å². The first-order chi connectivity index (χ1) is 12.9. The molecular weight excluding hydrogens is 342 g/mol. The standard InChI is InChI=1S/C21H29N3O3/c1-15(19-12-18(26-4)10-11-20(19)27-5)23-21(25)22-13-16-6-8-17(9-7-16)14-24(2)3/h6-12,15H,13-14H2,1-5H3,(H2,22,23,25). The number of carbonyl (C=O) groups excluding carboxylic acids is 1. The lowest BCUT2D eigenvalue weighted by Gasteiger charge is -2.18. The van der Waals surface area contributed by atoms with E-state index in [0.29, 0.717) is 12.3 Å². The van der Waals surface area contributed by atoms with Crippen LogP contribution in [-0.4, -0.2) is 39.2 Å². The van der Waals surface area contributed by atoms with Crippen LogP contribution in [0.2, 0.25) is 0 Å². The van der Waals surface area contributed by atoms with Crippen LogP contribution in [0.4, 0.5) is 4.79 Å².